The summed E-state index contributed by atoms with van der Waals surface area (Å²) < 4.78 is 10.4. The zero-order valence-corrected chi connectivity index (χ0v) is 8.49. The van der Waals surface area contributed by atoms with Gasteiger partial charge in [-0.25, -0.2) is 0 Å². The van der Waals surface area contributed by atoms with Gasteiger partial charge in [0.05, 0.1) is 12.7 Å². The summed E-state index contributed by atoms with van der Waals surface area (Å²) in [6, 6.07) is -0.143. The highest BCUT2D eigenvalue weighted by Crippen LogP contribution is 2.30. The van der Waals surface area contributed by atoms with Crippen molar-refractivity contribution in [2.45, 2.75) is 51.0 Å². The van der Waals surface area contributed by atoms with Gasteiger partial charge in [-0.2, -0.15) is 0 Å². The van der Waals surface area contributed by atoms with Gasteiger partial charge in [0.25, 0.3) is 0 Å². The summed E-state index contributed by atoms with van der Waals surface area (Å²) in [6.07, 6.45) is 4.29. The Morgan fingerprint density at radius 2 is 2.43 bits per heavy atom. The second kappa shape index (κ2) is 4.28. The van der Waals surface area contributed by atoms with Gasteiger partial charge >= 0.3 is 5.97 Å². The molecule has 2 unspecified atom stereocenters. The van der Waals surface area contributed by atoms with Crippen LogP contribution in [0.4, 0.5) is 0 Å². The van der Waals surface area contributed by atoms with Crippen LogP contribution in [0.2, 0.25) is 0 Å². The van der Waals surface area contributed by atoms with Gasteiger partial charge < -0.3 is 9.47 Å². The molecule has 0 aromatic rings. The van der Waals surface area contributed by atoms with E-state index >= 15 is 0 Å². The van der Waals surface area contributed by atoms with Crippen LogP contribution in [0.1, 0.15) is 32.6 Å². The molecule has 0 saturated carbocycles. The van der Waals surface area contributed by atoms with Crippen molar-refractivity contribution >= 4 is 5.97 Å². The zero-order chi connectivity index (χ0) is 9.97. The monoisotopic (exact) mass is 199 g/mol. The first-order chi connectivity index (χ1) is 6.81. The molecular formula is C10H17NO3. The van der Waals surface area contributed by atoms with Crippen LogP contribution in [0.5, 0.6) is 0 Å². The van der Waals surface area contributed by atoms with Crippen LogP contribution in [-0.4, -0.2) is 30.9 Å². The summed E-state index contributed by atoms with van der Waals surface area (Å²) in [5.74, 6) is -0.118. The summed E-state index contributed by atoms with van der Waals surface area (Å²) in [5, 5.41) is 3.12. The lowest BCUT2D eigenvalue weighted by Crippen LogP contribution is -2.43. The van der Waals surface area contributed by atoms with Gasteiger partial charge in [-0.3, -0.25) is 10.1 Å². The van der Waals surface area contributed by atoms with Crippen LogP contribution >= 0.6 is 0 Å². The molecule has 0 spiro atoms. The van der Waals surface area contributed by atoms with Crippen molar-refractivity contribution in [2.24, 2.45) is 0 Å². The topological polar surface area (TPSA) is 50.9 Å². The fourth-order valence-electron chi connectivity index (χ4n) is 1.73. The van der Waals surface area contributed by atoms with Gasteiger partial charge in [-0.05, 0) is 19.3 Å². The highest BCUT2D eigenvalue weighted by molar-refractivity contribution is 5.76. The quantitative estimate of drug-likeness (QED) is 0.413. The van der Waals surface area contributed by atoms with E-state index in [2.05, 4.69) is 12.2 Å². The van der Waals surface area contributed by atoms with E-state index in [1.165, 1.54) is 0 Å². The molecule has 2 aliphatic heterocycles. The molecule has 0 aromatic carbocycles. The van der Waals surface area contributed by atoms with Crippen LogP contribution < -0.4 is 5.32 Å². The van der Waals surface area contributed by atoms with Gasteiger partial charge in [-0.15, -0.1) is 0 Å². The van der Waals surface area contributed by atoms with Crippen molar-refractivity contribution < 1.29 is 14.3 Å². The lowest BCUT2D eigenvalue weighted by atomic mass is 10.1. The van der Waals surface area contributed by atoms with Gasteiger partial charge in [-0.1, -0.05) is 13.3 Å². The zero-order valence-electron chi connectivity index (χ0n) is 8.49. The van der Waals surface area contributed by atoms with E-state index in [4.69, 9.17) is 9.47 Å². The molecule has 0 radical (unpaired) electrons. The van der Waals surface area contributed by atoms with E-state index in [0.29, 0.717) is 12.7 Å². The molecule has 4 nitrogen and oxygen atoms in total. The van der Waals surface area contributed by atoms with Gasteiger partial charge in [0.2, 0.25) is 0 Å². The van der Waals surface area contributed by atoms with Crippen molar-refractivity contribution in [1.29, 1.82) is 0 Å². The number of hydrogen-bond acceptors (Lipinski definition) is 4. The molecule has 0 bridgehead atoms. The number of hydrogen-bond donors (Lipinski definition) is 1. The van der Waals surface area contributed by atoms with Crippen molar-refractivity contribution in [3.63, 3.8) is 0 Å². The van der Waals surface area contributed by atoms with Crippen LogP contribution in [-0.2, 0) is 14.3 Å². The van der Waals surface area contributed by atoms with E-state index in [-0.39, 0.29) is 18.2 Å². The van der Waals surface area contributed by atoms with E-state index in [9.17, 15) is 4.79 Å². The summed E-state index contributed by atoms with van der Waals surface area (Å²) >= 11 is 0. The molecule has 2 aliphatic rings. The molecule has 2 heterocycles. The first-order valence-electron chi connectivity index (χ1n) is 5.39. The smallest absolute Gasteiger partial charge is 0.323 e. The van der Waals surface area contributed by atoms with Crippen LogP contribution in [0, 0.1) is 0 Å². The number of carbonyl (C=O) groups is 1. The summed E-state index contributed by atoms with van der Waals surface area (Å²) in [5.41, 5.74) is 0. The lowest BCUT2D eigenvalue weighted by Gasteiger charge is -2.18. The maximum absolute atomic E-state index is 11.5. The Morgan fingerprint density at radius 1 is 1.57 bits per heavy atom. The molecule has 1 N–H and O–H groups in total. The van der Waals surface area contributed by atoms with E-state index in [1.54, 1.807) is 0 Å². The number of ether oxygens (including phenoxy) is 2. The lowest BCUT2D eigenvalue weighted by molar-refractivity contribution is -0.146. The predicted molar refractivity (Wildman–Crippen MR) is 50.7 cm³/mol. The summed E-state index contributed by atoms with van der Waals surface area (Å²) in [4.78, 5) is 11.5. The second-order valence-electron chi connectivity index (χ2n) is 3.91. The minimum Gasteiger partial charge on any atom is -0.465 e. The van der Waals surface area contributed by atoms with Gasteiger partial charge in [0, 0.05) is 0 Å². The third-order valence-electron chi connectivity index (χ3n) is 2.71. The number of esters is 1. The Balaban J connectivity index is 1.68. The molecule has 2 fully saturated rings. The average molecular weight is 199 g/mol. The number of rotatable bonds is 4. The fourth-order valence-corrected chi connectivity index (χ4v) is 1.73. The highest BCUT2D eigenvalue weighted by atomic mass is 16.6. The maximum Gasteiger partial charge on any atom is 0.323 e. The van der Waals surface area contributed by atoms with Crippen molar-refractivity contribution in [3.05, 3.63) is 0 Å². The number of unbranched alkanes of at least 4 members (excludes halogenated alkanes) is 1. The number of piperidine rings is 1. The van der Waals surface area contributed by atoms with Crippen LogP contribution in [0.25, 0.3) is 0 Å². The highest BCUT2D eigenvalue weighted by Gasteiger charge is 2.45. The normalized spacial score (nSPS) is 34.8. The third-order valence-corrected chi connectivity index (χ3v) is 2.71. The Morgan fingerprint density at radius 3 is 3.14 bits per heavy atom. The SMILES string of the molecule is CCCCOC(=O)[C@@H]1CCC2OC2N1. The summed E-state index contributed by atoms with van der Waals surface area (Å²) in [6.45, 7) is 2.62. The largest absolute Gasteiger partial charge is 0.465 e. The maximum atomic E-state index is 11.5. The Hall–Kier alpha value is -0.610. The predicted octanol–water partition coefficient (Wildman–Crippen LogP) is 0.807. The number of nitrogens with one attached hydrogen (secondary N) is 1. The fraction of sp³-hybridized carbons (Fsp3) is 0.900. The van der Waals surface area contributed by atoms with Crippen molar-refractivity contribution in [3.8, 4) is 0 Å². The Bertz CT molecular complexity index is 219. The number of fused-ring (bicyclic) bond motifs is 1. The molecule has 14 heavy (non-hydrogen) atoms. The molecule has 2 saturated heterocycles. The molecule has 80 valence electrons. The molecule has 4 heteroatoms. The molecule has 0 aliphatic carbocycles. The molecule has 0 amide bonds. The second-order valence-corrected chi connectivity index (χ2v) is 3.91. The Labute approximate surface area is 84.0 Å². The molecule has 2 rings (SSSR count). The first kappa shape index (κ1) is 9.93. The molecule has 3 atom stereocenters. The molecular weight excluding hydrogens is 182 g/mol. The van der Waals surface area contributed by atoms with E-state index in [0.717, 1.165) is 25.7 Å². The first-order valence-corrected chi connectivity index (χ1v) is 5.39. The van der Waals surface area contributed by atoms with E-state index < -0.39 is 0 Å². The average Bonchev–Trinajstić information content (AvgIpc) is 2.95. The number of epoxide rings is 1. The van der Waals surface area contributed by atoms with Crippen LogP contribution in [0.3, 0.4) is 0 Å². The summed E-state index contributed by atoms with van der Waals surface area (Å²) in [7, 11) is 0. The standard InChI is InChI=1S/C10H17NO3/c1-2-3-6-13-10(12)7-4-5-8-9(11-7)14-8/h7-9,11H,2-6H2,1H3/t7-,8?,9?/m0/s1. The number of carbonyl (C=O) groups excluding carboxylic acids is 1. The van der Waals surface area contributed by atoms with Crippen molar-refractivity contribution in [1.82, 2.24) is 5.32 Å². The van der Waals surface area contributed by atoms with Crippen molar-refractivity contribution in [2.75, 3.05) is 6.61 Å². The third kappa shape index (κ3) is 2.25. The minimum absolute atomic E-state index is 0.118. The minimum atomic E-state index is -0.143. The molecule has 0 aromatic heterocycles. The van der Waals surface area contributed by atoms with Gasteiger partial charge in [0.1, 0.15) is 12.3 Å². The van der Waals surface area contributed by atoms with Gasteiger partial charge in [0.15, 0.2) is 0 Å². The Kier molecular flexibility index (Phi) is 3.03. The van der Waals surface area contributed by atoms with E-state index in [1.807, 2.05) is 0 Å². The van der Waals surface area contributed by atoms with Crippen LogP contribution in [0.15, 0.2) is 0 Å².